The fourth-order valence-electron chi connectivity index (χ4n) is 3.56. The molecule has 25 heavy (non-hydrogen) atoms. The number of alkyl halides is 3. The molecule has 1 aliphatic rings. The van der Waals surface area contributed by atoms with Gasteiger partial charge in [-0.1, -0.05) is 0 Å². The zero-order valence-electron chi connectivity index (χ0n) is 14.3. The van der Waals surface area contributed by atoms with Crippen molar-refractivity contribution in [3.05, 3.63) is 42.0 Å². The number of pyridine rings is 1. The lowest BCUT2D eigenvalue weighted by Gasteiger charge is -2.39. The number of piperidine rings is 1. The number of aryl methyl sites for hydroxylation is 1. The Morgan fingerprint density at radius 2 is 2.04 bits per heavy atom. The van der Waals surface area contributed by atoms with Gasteiger partial charge in [-0.05, 0) is 50.6 Å². The van der Waals surface area contributed by atoms with Gasteiger partial charge < -0.3 is 5.32 Å². The first kappa shape index (κ1) is 17.7. The van der Waals surface area contributed by atoms with E-state index in [1.165, 1.54) is 6.20 Å². The first-order chi connectivity index (χ1) is 11.9. The maximum Gasteiger partial charge on any atom is 0.433 e. The van der Waals surface area contributed by atoms with E-state index in [2.05, 4.69) is 27.3 Å². The van der Waals surface area contributed by atoms with Gasteiger partial charge in [-0.15, -0.1) is 0 Å². The van der Waals surface area contributed by atoms with Crippen molar-refractivity contribution < 1.29 is 13.2 Å². The van der Waals surface area contributed by atoms with Crippen molar-refractivity contribution in [2.24, 2.45) is 13.0 Å². The van der Waals surface area contributed by atoms with E-state index < -0.39 is 11.9 Å². The topological polar surface area (TPSA) is 46.0 Å². The normalized spacial score (nSPS) is 22.1. The van der Waals surface area contributed by atoms with Crippen LogP contribution < -0.4 is 5.32 Å². The molecule has 0 bridgehead atoms. The minimum atomic E-state index is -4.43. The summed E-state index contributed by atoms with van der Waals surface area (Å²) in [5.41, 5.74) is 0.695. The maximum atomic E-state index is 12.8. The van der Waals surface area contributed by atoms with Crippen LogP contribution in [0.25, 0.3) is 0 Å². The van der Waals surface area contributed by atoms with Crippen LogP contribution in [-0.2, 0) is 13.2 Å². The van der Waals surface area contributed by atoms with Gasteiger partial charge >= 0.3 is 6.18 Å². The number of halogens is 3. The number of hydrogen-bond acceptors (Lipinski definition) is 4. The average molecular weight is 353 g/mol. The van der Waals surface area contributed by atoms with Gasteiger partial charge in [0.2, 0.25) is 0 Å². The van der Waals surface area contributed by atoms with Crippen molar-refractivity contribution in [2.75, 3.05) is 25.5 Å². The second-order valence-electron chi connectivity index (χ2n) is 6.52. The molecule has 2 aromatic rings. The summed E-state index contributed by atoms with van der Waals surface area (Å²) in [5.74, 6) is 0.289. The quantitative estimate of drug-likeness (QED) is 0.916. The highest BCUT2D eigenvalue weighted by Gasteiger charge is 2.34. The number of nitrogens with zero attached hydrogens (tertiary/aromatic N) is 4. The van der Waals surface area contributed by atoms with E-state index in [0.29, 0.717) is 12.2 Å². The van der Waals surface area contributed by atoms with Crippen LogP contribution in [0.2, 0.25) is 0 Å². The third-order valence-corrected chi connectivity index (χ3v) is 4.79. The van der Waals surface area contributed by atoms with E-state index in [4.69, 9.17) is 0 Å². The van der Waals surface area contributed by atoms with Crippen LogP contribution in [0.1, 0.15) is 30.3 Å². The standard InChI is InChI=1S/C17H22F3N5/c1-24-9-3-4-12(16(24)14-6-8-23-25(14)2)11-22-13-5-7-21-15(10-13)17(18,19)20/h5-8,10,12,16H,3-4,9,11H2,1-2H3,(H,21,22)/t12-,16+/m0/s1. The molecule has 3 rings (SSSR count). The molecule has 0 saturated carbocycles. The van der Waals surface area contributed by atoms with E-state index in [1.54, 1.807) is 12.3 Å². The molecule has 0 spiro atoms. The highest BCUT2D eigenvalue weighted by Crippen LogP contribution is 2.35. The predicted octanol–water partition coefficient (Wildman–Crippen LogP) is 3.33. The highest BCUT2D eigenvalue weighted by molar-refractivity contribution is 5.43. The number of rotatable bonds is 4. The van der Waals surface area contributed by atoms with Gasteiger partial charge in [-0.25, -0.2) is 0 Å². The summed E-state index contributed by atoms with van der Waals surface area (Å²) in [7, 11) is 4.00. The minimum Gasteiger partial charge on any atom is -0.385 e. The Balaban J connectivity index is 1.74. The van der Waals surface area contributed by atoms with E-state index in [-0.39, 0.29) is 12.0 Å². The van der Waals surface area contributed by atoms with Gasteiger partial charge in [0.05, 0.1) is 11.7 Å². The molecule has 0 aromatic carbocycles. The lowest BCUT2D eigenvalue weighted by atomic mass is 9.87. The van der Waals surface area contributed by atoms with Gasteiger partial charge in [0.15, 0.2) is 0 Å². The Morgan fingerprint density at radius 1 is 1.24 bits per heavy atom. The van der Waals surface area contributed by atoms with Crippen molar-refractivity contribution in [2.45, 2.75) is 25.1 Å². The minimum absolute atomic E-state index is 0.192. The van der Waals surface area contributed by atoms with Crippen LogP contribution in [0.3, 0.4) is 0 Å². The summed E-state index contributed by atoms with van der Waals surface area (Å²) < 4.78 is 40.3. The van der Waals surface area contributed by atoms with Gasteiger partial charge in [-0.2, -0.15) is 18.3 Å². The van der Waals surface area contributed by atoms with Crippen molar-refractivity contribution in [1.29, 1.82) is 0 Å². The number of aromatic nitrogens is 3. The summed E-state index contributed by atoms with van der Waals surface area (Å²) in [5, 5.41) is 7.42. The molecule has 1 saturated heterocycles. The Morgan fingerprint density at radius 3 is 2.72 bits per heavy atom. The van der Waals surface area contributed by atoms with Crippen LogP contribution in [0.15, 0.2) is 30.6 Å². The summed E-state index contributed by atoms with van der Waals surface area (Å²) in [6.45, 7) is 1.60. The third-order valence-electron chi connectivity index (χ3n) is 4.79. The van der Waals surface area contributed by atoms with Crippen molar-refractivity contribution in [1.82, 2.24) is 19.7 Å². The molecule has 136 valence electrons. The molecular weight excluding hydrogens is 331 g/mol. The van der Waals surface area contributed by atoms with E-state index in [1.807, 2.05) is 17.8 Å². The first-order valence-corrected chi connectivity index (χ1v) is 8.31. The summed E-state index contributed by atoms with van der Waals surface area (Å²) in [4.78, 5) is 5.69. The second-order valence-corrected chi connectivity index (χ2v) is 6.52. The van der Waals surface area contributed by atoms with Crippen LogP contribution in [0, 0.1) is 5.92 Å². The van der Waals surface area contributed by atoms with E-state index >= 15 is 0 Å². The summed E-state index contributed by atoms with van der Waals surface area (Å²) in [6, 6.07) is 4.83. The fourth-order valence-corrected chi connectivity index (χ4v) is 3.56. The van der Waals surface area contributed by atoms with Crippen molar-refractivity contribution in [3.8, 4) is 0 Å². The maximum absolute atomic E-state index is 12.8. The van der Waals surface area contributed by atoms with E-state index in [9.17, 15) is 13.2 Å². The highest BCUT2D eigenvalue weighted by atomic mass is 19.4. The molecule has 2 aromatic heterocycles. The van der Waals surface area contributed by atoms with Crippen molar-refractivity contribution >= 4 is 5.69 Å². The monoisotopic (exact) mass is 353 g/mol. The zero-order valence-corrected chi connectivity index (χ0v) is 14.3. The Bertz CT molecular complexity index is 712. The lowest BCUT2D eigenvalue weighted by molar-refractivity contribution is -0.141. The molecule has 2 atom stereocenters. The van der Waals surface area contributed by atoms with Crippen LogP contribution in [0.4, 0.5) is 18.9 Å². The molecule has 0 amide bonds. The van der Waals surface area contributed by atoms with Gasteiger partial charge in [-0.3, -0.25) is 14.6 Å². The Hall–Kier alpha value is -2.09. The smallest absolute Gasteiger partial charge is 0.385 e. The number of anilines is 1. The molecule has 0 aliphatic carbocycles. The van der Waals surface area contributed by atoms with Gasteiger partial charge in [0.25, 0.3) is 0 Å². The largest absolute Gasteiger partial charge is 0.433 e. The molecule has 0 radical (unpaired) electrons. The van der Waals surface area contributed by atoms with Crippen LogP contribution in [-0.4, -0.2) is 39.8 Å². The van der Waals surface area contributed by atoms with Crippen LogP contribution >= 0.6 is 0 Å². The zero-order chi connectivity index (χ0) is 18.0. The van der Waals surface area contributed by atoms with Gasteiger partial charge in [0.1, 0.15) is 5.69 Å². The van der Waals surface area contributed by atoms with Crippen molar-refractivity contribution in [3.63, 3.8) is 0 Å². The number of hydrogen-bond donors (Lipinski definition) is 1. The summed E-state index contributed by atoms with van der Waals surface area (Å²) >= 11 is 0. The lowest BCUT2D eigenvalue weighted by Crippen LogP contribution is -2.39. The molecule has 1 N–H and O–H groups in total. The first-order valence-electron chi connectivity index (χ1n) is 8.31. The average Bonchev–Trinajstić information content (AvgIpc) is 2.98. The fraction of sp³-hybridized carbons (Fsp3) is 0.529. The second kappa shape index (κ2) is 7.03. The number of nitrogens with one attached hydrogen (secondary N) is 1. The Labute approximate surface area is 144 Å². The van der Waals surface area contributed by atoms with Crippen LogP contribution in [0.5, 0.6) is 0 Å². The molecule has 0 unspecified atom stereocenters. The third kappa shape index (κ3) is 3.95. The molecule has 3 heterocycles. The SMILES string of the molecule is CN1CCC[C@@H](CNc2ccnc(C(F)(F)F)c2)[C@@H]1c1ccnn1C. The predicted molar refractivity (Wildman–Crippen MR) is 89.0 cm³/mol. The number of likely N-dealkylation sites (tertiary alicyclic amines) is 1. The molecule has 1 aliphatic heterocycles. The van der Waals surface area contributed by atoms with Gasteiger partial charge in [0, 0.05) is 31.7 Å². The molecule has 5 nitrogen and oxygen atoms in total. The molecular formula is C17H22F3N5. The summed E-state index contributed by atoms with van der Waals surface area (Å²) in [6.07, 6.45) is 0.628. The molecule has 8 heteroatoms. The van der Waals surface area contributed by atoms with E-state index in [0.717, 1.165) is 31.1 Å². The molecule has 1 fully saturated rings. The Kier molecular flexibility index (Phi) is 4.99.